The lowest BCUT2D eigenvalue weighted by molar-refractivity contribution is -0.142. The highest BCUT2D eigenvalue weighted by Gasteiger charge is 2.14. The molecule has 2 N–H and O–H groups in total. The SMILES string of the molecule is COC(=O)C(N)c1ccncc1. The summed E-state index contributed by atoms with van der Waals surface area (Å²) in [6.45, 7) is 0. The van der Waals surface area contributed by atoms with Crippen LogP contribution in [0.4, 0.5) is 0 Å². The maximum atomic E-state index is 10.9. The van der Waals surface area contributed by atoms with Gasteiger partial charge >= 0.3 is 5.97 Å². The van der Waals surface area contributed by atoms with E-state index in [1.807, 2.05) is 0 Å². The first-order chi connectivity index (χ1) is 5.75. The molecule has 0 aliphatic heterocycles. The number of aromatic nitrogens is 1. The van der Waals surface area contributed by atoms with E-state index in [0.717, 1.165) is 0 Å². The second kappa shape index (κ2) is 3.82. The van der Waals surface area contributed by atoms with Crippen LogP contribution in [0.25, 0.3) is 0 Å². The zero-order chi connectivity index (χ0) is 8.97. The third-order valence-electron chi connectivity index (χ3n) is 1.52. The molecule has 12 heavy (non-hydrogen) atoms. The molecule has 4 heteroatoms. The van der Waals surface area contributed by atoms with Gasteiger partial charge in [-0.3, -0.25) is 9.78 Å². The van der Waals surface area contributed by atoms with Crippen LogP contribution in [0, 0.1) is 0 Å². The van der Waals surface area contributed by atoms with E-state index in [0.29, 0.717) is 5.56 Å². The van der Waals surface area contributed by atoms with E-state index in [1.165, 1.54) is 7.11 Å². The Morgan fingerprint density at radius 1 is 1.58 bits per heavy atom. The van der Waals surface area contributed by atoms with Crippen LogP contribution in [-0.4, -0.2) is 18.1 Å². The van der Waals surface area contributed by atoms with Crippen LogP contribution in [-0.2, 0) is 9.53 Å². The van der Waals surface area contributed by atoms with Gasteiger partial charge in [0.15, 0.2) is 0 Å². The van der Waals surface area contributed by atoms with E-state index >= 15 is 0 Å². The molecule has 1 atom stereocenters. The van der Waals surface area contributed by atoms with Gasteiger partial charge in [-0.1, -0.05) is 0 Å². The molecule has 0 bridgehead atoms. The Hall–Kier alpha value is -1.42. The van der Waals surface area contributed by atoms with Gasteiger partial charge in [0.2, 0.25) is 0 Å². The van der Waals surface area contributed by atoms with E-state index in [1.54, 1.807) is 24.5 Å². The molecule has 0 fully saturated rings. The molecule has 0 saturated heterocycles. The van der Waals surface area contributed by atoms with E-state index in [9.17, 15) is 4.79 Å². The minimum atomic E-state index is -0.710. The zero-order valence-corrected chi connectivity index (χ0v) is 6.73. The molecule has 0 spiro atoms. The van der Waals surface area contributed by atoms with Crippen molar-refractivity contribution in [2.24, 2.45) is 5.73 Å². The van der Waals surface area contributed by atoms with Crippen molar-refractivity contribution in [3.8, 4) is 0 Å². The number of hydrogen-bond acceptors (Lipinski definition) is 4. The highest BCUT2D eigenvalue weighted by atomic mass is 16.5. The molecule has 0 saturated carbocycles. The van der Waals surface area contributed by atoms with E-state index < -0.39 is 12.0 Å². The van der Waals surface area contributed by atoms with Gasteiger partial charge in [-0.25, -0.2) is 0 Å². The van der Waals surface area contributed by atoms with Crippen LogP contribution in [0.3, 0.4) is 0 Å². The maximum Gasteiger partial charge on any atom is 0.327 e. The highest BCUT2D eigenvalue weighted by molar-refractivity contribution is 5.77. The Balaban J connectivity index is 2.78. The van der Waals surface area contributed by atoms with Gasteiger partial charge in [-0.15, -0.1) is 0 Å². The minimum absolute atomic E-state index is 0.443. The Kier molecular flexibility index (Phi) is 2.76. The van der Waals surface area contributed by atoms with Crippen LogP contribution in [0.5, 0.6) is 0 Å². The third-order valence-corrected chi connectivity index (χ3v) is 1.52. The molecular formula is C8H10N2O2. The summed E-state index contributed by atoms with van der Waals surface area (Å²) in [5.74, 6) is -0.443. The molecule has 0 aliphatic carbocycles. The standard InChI is InChI=1S/C8H10N2O2/c1-12-8(11)7(9)6-2-4-10-5-3-6/h2-5,7H,9H2,1H3. The lowest BCUT2D eigenvalue weighted by Crippen LogP contribution is -2.22. The molecule has 0 amide bonds. The number of methoxy groups -OCH3 is 1. The second-order valence-electron chi connectivity index (χ2n) is 2.28. The van der Waals surface area contributed by atoms with Crippen molar-refractivity contribution in [1.82, 2.24) is 4.98 Å². The number of ether oxygens (including phenoxy) is 1. The van der Waals surface area contributed by atoms with Gasteiger partial charge in [0.05, 0.1) is 7.11 Å². The maximum absolute atomic E-state index is 10.9. The number of esters is 1. The summed E-state index contributed by atoms with van der Waals surface area (Å²) in [4.78, 5) is 14.7. The summed E-state index contributed by atoms with van der Waals surface area (Å²) < 4.78 is 4.48. The Morgan fingerprint density at radius 3 is 2.67 bits per heavy atom. The topological polar surface area (TPSA) is 65.2 Å². The van der Waals surface area contributed by atoms with Gasteiger partial charge < -0.3 is 10.5 Å². The zero-order valence-electron chi connectivity index (χ0n) is 6.73. The summed E-state index contributed by atoms with van der Waals surface area (Å²) in [6, 6.07) is 2.65. The molecule has 1 rings (SSSR count). The van der Waals surface area contributed by atoms with Crippen molar-refractivity contribution in [2.75, 3.05) is 7.11 Å². The van der Waals surface area contributed by atoms with Crippen molar-refractivity contribution in [3.63, 3.8) is 0 Å². The third kappa shape index (κ3) is 1.79. The highest BCUT2D eigenvalue weighted by Crippen LogP contribution is 2.08. The van der Waals surface area contributed by atoms with Crippen molar-refractivity contribution >= 4 is 5.97 Å². The predicted octanol–water partition coefficient (Wildman–Crippen LogP) is 0.254. The van der Waals surface area contributed by atoms with Crippen LogP contribution in [0.1, 0.15) is 11.6 Å². The van der Waals surface area contributed by atoms with E-state index in [-0.39, 0.29) is 0 Å². The first-order valence-corrected chi connectivity index (χ1v) is 3.49. The van der Waals surface area contributed by atoms with Crippen molar-refractivity contribution in [1.29, 1.82) is 0 Å². The molecule has 0 radical (unpaired) electrons. The summed E-state index contributed by atoms with van der Waals surface area (Å²) in [6.07, 6.45) is 3.16. The normalized spacial score (nSPS) is 12.2. The molecule has 1 unspecified atom stereocenters. The molecule has 0 aliphatic rings. The van der Waals surface area contributed by atoms with E-state index in [2.05, 4.69) is 9.72 Å². The fourth-order valence-corrected chi connectivity index (χ4v) is 0.834. The van der Waals surface area contributed by atoms with Gasteiger partial charge in [-0.2, -0.15) is 0 Å². The molecule has 0 aromatic carbocycles. The number of hydrogen-bond donors (Lipinski definition) is 1. The Morgan fingerprint density at radius 2 is 2.17 bits per heavy atom. The Bertz CT molecular complexity index is 261. The van der Waals surface area contributed by atoms with Crippen LogP contribution in [0.2, 0.25) is 0 Å². The number of carbonyl (C=O) groups is 1. The Labute approximate surface area is 70.4 Å². The predicted molar refractivity (Wildman–Crippen MR) is 43.2 cm³/mol. The largest absolute Gasteiger partial charge is 0.468 e. The van der Waals surface area contributed by atoms with Gasteiger partial charge in [0.1, 0.15) is 6.04 Å². The van der Waals surface area contributed by atoms with Crippen LogP contribution >= 0.6 is 0 Å². The minimum Gasteiger partial charge on any atom is -0.468 e. The summed E-state index contributed by atoms with van der Waals surface area (Å²) in [5.41, 5.74) is 6.25. The molecule has 1 heterocycles. The van der Waals surface area contributed by atoms with Crippen LogP contribution < -0.4 is 5.73 Å². The number of nitrogens with zero attached hydrogens (tertiary/aromatic N) is 1. The monoisotopic (exact) mass is 166 g/mol. The smallest absolute Gasteiger partial charge is 0.327 e. The van der Waals surface area contributed by atoms with Gasteiger partial charge in [0.25, 0.3) is 0 Å². The summed E-state index contributed by atoms with van der Waals surface area (Å²) in [5, 5.41) is 0. The lowest BCUT2D eigenvalue weighted by Gasteiger charge is -2.07. The fraction of sp³-hybridized carbons (Fsp3) is 0.250. The van der Waals surface area contributed by atoms with Crippen molar-refractivity contribution in [2.45, 2.75) is 6.04 Å². The summed E-state index contributed by atoms with van der Waals surface area (Å²) in [7, 11) is 1.31. The van der Waals surface area contributed by atoms with Gasteiger partial charge in [-0.05, 0) is 17.7 Å². The average Bonchev–Trinajstić information content (AvgIpc) is 2.17. The molecule has 4 nitrogen and oxygen atoms in total. The molecule has 64 valence electrons. The first kappa shape index (κ1) is 8.67. The average molecular weight is 166 g/mol. The van der Waals surface area contributed by atoms with Crippen molar-refractivity contribution < 1.29 is 9.53 Å². The lowest BCUT2D eigenvalue weighted by atomic mass is 10.1. The number of rotatable bonds is 2. The van der Waals surface area contributed by atoms with Crippen molar-refractivity contribution in [3.05, 3.63) is 30.1 Å². The number of carbonyl (C=O) groups excluding carboxylic acids is 1. The van der Waals surface area contributed by atoms with E-state index in [4.69, 9.17) is 5.73 Å². The number of nitrogens with two attached hydrogens (primary N) is 1. The molecule has 1 aromatic rings. The summed E-state index contributed by atoms with van der Waals surface area (Å²) >= 11 is 0. The first-order valence-electron chi connectivity index (χ1n) is 3.49. The van der Waals surface area contributed by atoms with Gasteiger partial charge in [0, 0.05) is 12.4 Å². The molecular weight excluding hydrogens is 156 g/mol. The molecule has 1 aromatic heterocycles. The van der Waals surface area contributed by atoms with Crippen LogP contribution in [0.15, 0.2) is 24.5 Å². The quantitative estimate of drug-likeness (QED) is 0.640. The second-order valence-corrected chi connectivity index (χ2v) is 2.28. The fourth-order valence-electron chi connectivity index (χ4n) is 0.834. The number of pyridine rings is 1.